The Labute approximate surface area is 180 Å². The number of hydrogen-bond donors (Lipinski definition) is 1. The SMILES string of the molecule is CCn1cc(OC(=O)NC2CCCc3ccccc32)c2cc(OC)c(OC)cc2c1=O. The van der Waals surface area contributed by atoms with Crippen molar-refractivity contribution in [1.29, 1.82) is 0 Å². The third-order valence-electron chi connectivity index (χ3n) is 5.76. The average Bonchev–Trinajstić information content (AvgIpc) is 2.80. The number of aromatic nitrogens is 1. The Balaban J connectivity index is 1.68. The molecule has 1 N–H and O–H groups in total. The summed E-state index contributed by atoms with van der Waals surface area (Å²) in [7, 11) is 3.03. The predicted molar refractivity (Wildman–Crippen MR) is 118 cm³/mol. The first-order valence-corrected chi connectivity index (χ1v) is 10.4. The molecule has 7 nitrogen and oxygen atoms in total. The van der Waals surface area contributed by atoms with E-state index in [9.17, 15) is 9.59 Å². The number of aryl methyl sites for hydroxylation is 2. The van der Waals surface area contributed by atoms with Gasteiger partial charge in [0.05, 0.1) is 31.8 Å². The van der Waals surface area contributed by atoms with Crippen LogP contribution in [-0.2, 0) is 13.0 Å². The van der Waals surface area contributed by atoms with Crippen LogP contribution in [0.5, 0.6) is 17.2 Å². The molecule has 2 aromatic carbocycles. The van der Waals surface area contributed by atoms with E-state index in [1.54, 1.807) is 18.3 Å². The molecule has 0 saturated heterocycles. The van der Waals surface area contributed by atoms with Crippen LogP contribution in [0, 0.1) is 0 Å². The minimum atomic E-state index is -0.556. The fourth-order valence-corrected chi connectivity index (χ4v) is 4.18. The van der Waals surface area contributed by atoms with E-state index in [0.717, 1.165) is 24.8 Å². The molecule has 0 bridgehead atoms. The van der Waals surface area contributed by atoms with E-state index in [0.29, 0.717) is 34.6 Å². The van der Waals surface area contributed by atoms with Gasteiger partial charge in [0.15, 0.2) is 17.2 Å². The largest absolute Gasteiger partial charge is 0.493 e. The molecule has 0 aliphatic heterocycles. The van der Waals surface area contributed by atoms with Crippen molar-refractivity contribution in [2.45, 2.75) is 38.8 Å². The third kappa shape index (κ3) is 3.95. The fraction of sp³-hybridized carbons (Fsp3) is 0.333. The number of rotatable bonds is 5. The van der Waals surface area contributed by atoms with Crippen molar-refractivity contribution in [2.24, 2.45) is 0 Å². The summed E-state index contributed by atoms with van der Waals surface area (Å²) in [5, 5.41) is 3.88. The van der Waals surface area contributed by atoms with Gasteiger partial charge in [-0.25, -0.2) is 4.79 Å². The van der Waals surface area contributed by atoms with Crippen LogP contribution in [0.1, 0.15) is 36.9 Å². The van der Waals surface area contributed by atoms with Crippen LogP contribution < -0.4 is 25.1 Å². The second-order valence-corrected chi connectivity index (χ2v) is 7.51. The van der Waals surface area contributed by atoms with Gasteiger partial charge in [0.25, 0.3) is 5.56 Å². The van der Waals surface area contributed by atoms with Crippen LogP contribution in [0.4, 0.5) is 4.79 Å². The predicted octanol–water partition coefficient (Wildman–Crippen LogP) is 4.20. The normalized spacial score (nSPS) is 15.3. The second-order valence-electron chi connectivity index (χ2n) is 7.51. The number of amides is 1. The monoisotopic (exact) mass is 422 g/mol. The van der Waals surface area contributed by atoms with Crippen LogP contribution in [0.15, 0.2) is 47.4 Å². The van der Waals surface area contributed by atoms with Crippen molar-refractivity contribution in [3.8, 4) is 17.2 Å². The molecule has 0 fully saturated rings. The molecular weight excluding hydrogens is 396 g/mol. The summed E-state index contributed by atoms with van der Waals surface area (Å²) in [5.41, 5.74) is 2.19. The summed E-state index contributed by atoms with van der Waals surface area (Å²) in [6, 6.07) is 11.3. The Morgan fingerprint density at radius 1 is 1.10 bits per heavy atom. The van der Waals surface area contributed by atoms with Gasteiger partial charge < -0.3 is 24.1 Å². The summed E-state index contributed by atoms with van der Waals surface area (Å²) in [5.74, 6) is 1.18. The van der Waals surface area contributed by atoms with Crippen molar-refractivity contribution in [3.05, 3.63) is 64.1 Å². The molecule has 7 heteroatoms. The zero-order valence-electron chi connectivity index (χ0n) is 17.9. The van der Waals surface area contributed by atoms with Gasteiger partial charge in [0.1, 0.15) is 0 Å². The molecule has 1 aliphatic carbocycles. The number of carbonyl (C=O) groups is 1. The Bertz CT molecular complexity index is 1180. The zero-order chi connectivity index (χ0) is 22.0. The maximum atomic E-state index is 12.8. The first-order valence-electron chi connectivity index (χ1n) is 10.4. The molecule has 162 valence electrons. The van der Waals surface area contributed by atoms with Crippen molar-refractivity contribution in [2.75, 3.05) is 14.2 Å². The van der Waals surface area contributed by atoms with Gasteiger partial charge in [-0.3, -0.25) is 4.79 Å². The highest BCUT2D eigenvalue weighted by Crippen LogP contribution is 2.35. The van der Waals surface area contributed by atoms with Crippen LogP contribution in [0.3, 0.4) is 0 Å². The molecule has 1 atom stereocenters. The number of carbonyl (C=O) groups excluding carboxylic acids is 1. The number of hydrogen-bond acceptors (Lipinski definition) is 5. The smallest absolute Gasteiger partial charge is 0.413 e. The van der Waals surface area contributed by atoms with Crippen molar-refractivity contribution >= 4 is 16.9 Å². The lowest BCUT2D eigenvalue weighted by Gasteiger charge is -2.26. The van der Waals surface area contributed by atoms with Gasteiger partial charge in [-0.1, -0.05) is 24.3 Å². The molecule has 1 aliphatic rings. The van der Waals surface area contributed by atoms with E-state index in [4.69, 9.17) is 14.2 Å². The highest BCUT2D eigenvalue weighted by Gasteiger charge is 2.23. The van der Waals surface area contributed by atoms with Crippen molar-refractivity contribution in [1.82, 2.24) is 9.88 Å². The molecule has 1 aromatic heterocycles. The minimum Gasteiger partial charge on any atom is -0.493 e. The summed E-state index contributed by atoms with van der Waals surface area (Å²) in [4.78, 5) is 25.6. The molecular formula is C24H26N2O5. The summed E-state index contributed by atoms with van der Waals surface area (Å²) in [6.45, 7) is 2.30. The Morgan fingerprint density at radius 3 is 2.52 bits per heavy atom. The average molecular weight is 422 g/mol. The molecule has 31 heavy (non-hydrogen) atoms. The van der Waals surface area contributed by atoms with Gasteiger partial charge in [-0.2, -0.15) is 0 Å². The Hall–Kier alpha value is -3.48. The molecule has 0 radical (unpaired) electrons. The first-order chi connectivity index (χ1) is 15.0. The molecule has 1 heterocycles. The highest BCUT2D eigenvalue weighted by molar-refractivity contribution is 5.92. The number of benzene rings is 2. The molecule has 1 amide bonds. The number of methoxy groups -OCH3 is 2. The van der Waals surface area contributed by atoms with E-state index in [1.165, 1.54) is 24.4 Å². The lowest BCUT2D eigenvalue weighted by Crippen LogP contribution is -2.33. The maximum Gasteiger partial charge on any atom is 0.413 e. The van der Waals surface area contributed by atoms with Gasteiger partial charge in [0, 0.05) is 11.9 Å². The summed E-state index contributed by atoms with van der Waals surface area (Å²) >= 11 is 0. The number of ether oxygens (including phenoxy) is 3. The van der Waals surface area contributed by atoms with Gasteiger partial charge in [-0.15, -0.1) is 0 Å². The third-order valence-corrected chi connectivity index (χ3v) is 5.76. The van der Waals surface area contributed by atoms with E-state index >= 15 is 0 Å². The molecule has 3 aromatic rings. The first kappa shape index (κ1) is 20.8. The Morgan fingerprint density at radius 2 is 1.81 bits per heavy atom. The number of nitrogens with zero attached hydrogens (tertiary/aromatic N) is 1. The molecule has 0 saturated carbocycles. The second kappa shape index (κ2) is 8.71. The van der Waals surface area contributed by atoms with E-state index < -0.39 is 6.09 Å². The maximum absolute atomic E-state index is 12.8. The van der Waals surface area contributed by atoms with Crippen LogP contribution in [0.2, 0.25) is 0 Å². The van der Waals surface area contributed by atoms with Gasteiger partial charge >= 0.3 is 6.09 Å². The minimum absolute atomic E-state index is 0.101. The summed E-state index contributed by atoms with van der Waals surface area (Å²) in [6.07, 6.45) is 3.87. The molecule has 4 rings (SSSR count). The molecule has 0 spiro atoms. The van der Waals surface area contributed by atoms with Crippen molar-refractivity contribution < 1.29 is 19.0 Å². The fourth-order valence-electron chi connectivity index (χ4n) is 4.18. The standard InChI is InChI=1S/C24H26N2O5/c1-4-26-14-22(17-12-20(29-2)21(30-3)13-18(17)23(26)27)31-24(28)25-19-11-7-9-15-8-5-6-10-16(15)19/h5-6,8,10,12-14,19H,4,7,9,11H2,1-3H3,(H,25,28). The van der Waals surface area contributed by atoms with E-state index in [1.807, 2.05) is 25.1 Å². The number of fused-ring (bicyclic) bond motifs is 2. The van der Waals surface area contributed by atoms with E-state index in [2.05, 4.69) is 11.4 Å². The zero-order valence-corrected chi connectivity index (χ0v) is 17.9. The highest BCUT2D eigenvalue weighted by atomic mass is 16.6. The summed E-state index contributed by atoms with van der Waals surface area (Å²) < 4.78 is 17.9. The van der Waals surface area contributed by atoms with Gasteiger partial charge in [-0.05, 0) is 49.4 Å². The van der Waals surface area contributed by atoms with E-state index in [-0.39, 0.29) is 11.6 Å². The van der Waals surface area contributed by atoms with Crippen LogP contribution in [0.25, 0.3) is 10.8 Å². The lowest BCUT2D eigenvalue weighted by molar-refractivity contribution is 0.194. The topological polar surface area (TPSA) is 78.8 Å². The van der Waals surface area contributed by atoms with Crippen molar-refractivity contribution in [3.63, 3.8) is 0 Å². The van der Waals surface area contributed by atoms with Crippen LogP contribution >= 0.6 is 0 Å². The Kier molecular flexibility index (Phi) is 5.84. The number of pyridine rings is 1. The quantitative estimate of drug-likeness (QED) is 0.667. The lowest BCUT2D eigenvalue weighted by atomic mass is 9.88. The van der Waals surface area contributed by atoms with Gasteiger partial charge in [0.2, 0.25) is 0 Å². The van der Waals surface area contributed by atoms with Crippen LogP contribution in [-0.4, -0.2) is 24.9 Å². The molecule has 1 unspecified atom stereocenters. The number of nitrogens with one attached hydrogen (secondary N) is 1.